The molecule has 0 fully saturated rings. The molecule has 0 amide bonds. The number of nitrogens with zero attached hydrogens (tertiary/aromatic N) is 4. The molecular weight excluding hydrogens is 284 g/mol. The number of hydrogen-bond donors (Lipinski definition) is 0. The molecule has 0 aliphatic heterocycles. The van der Waals surface area contributed by atoms with Gasteiger partial charge in [-0.25, -0.2) is 4.98 Å². The van der Waals surface area contributed by atoms with E-state index < -0.39 is 4.92 Å². The Morgan fingerprint density at radius 2 is 2.26 bits per heavy atom. The fraction of sp³-hybridized carbons (Fsp3) is 0.364. The van der Waals surface area contributed by atoms with Gasteiger partial charge in [-0.05, 0) is 25.6 Å². The van der Waals surface area contributed by atoms with Crippen molar-refractivity contribution in [1.29, 1.82) is 5.26 Å². The molecule has 0 spiro atoms. The highest BCUT2D eigenvalue weighted by atomic mass is 32.2. The summed E-state index contributed by atoms with van der Waals surface area (Å²) in [6.45, 7) is 5.48. The highest BCUT2D eigenvalue weighted by Crippen LogP contribution is 2.25. The lowest BCUT2D eigenvalue weighted by Gasteiger charge is -2.20. The molecule has 0 bridgehead atoms. The van der Waals surface area contributed by atoms with Gasteiger partial charge in [0, 0.05) is 19.2 Å². The van der Waals surface area contributed by atoms with Gasteiger partial charge in [0.25, 0.3) is 5.69 Å². The van der Waals surface area contributed by atoms with E-state index in [4.69, 9.17) is 17.5 Å². The van der Waals surface area contributed by atoms with Crippen molar-refractivity contribution in [2.75, 3.05) is 13.1 Å². The largest absolute Gasteiger partial charge is 0.358 e. The Kier molecular flexibility index (Phi) is 5.66. The minimum Gasteiger partial charge on any atom is -0.358 e. The van der Waals surface area contributed by atoms with Crippen LogP contribution < -0.4 is 0 Å². The van der Waals surface area contributed by atoms with Gasteiger partial charge in [-0.1, -0.05) is 12.2 Å². The third kappa shape index (κ3) is 3.87. The Hall–Kier alpha value is -1.72. The third-order valence-corrected chi connectivity index (χ3v) is 3.83. The topological polar surface area (TPSA) is 83.1 Å². The van der Waals surface area contributed by atoms with Crippen molar-refractivity contribution in [2.45, 2.75) is 18.9 Å². The molecule has 6 nitrogen and oxygen atoms in total. The summed E-state index contributed by atoms with van der Waals surface area (Å²) in [5.74, 6) is 0. The summed E-state index contributed by atoms with van der Waals surface area (Å²) < 4.78 is 0.600. The van der Waals surface area contributed by atoms with Crippen molar-refractivity contribution in [2.24, 2.45) is 0 Å². The van der Waals surface area contributed by atoms with Gasteiger partial charge < -0.3 is 4.90 Å². The first-order valence-electron chi connectivity index (χ1n) is 5.54. The van der Waals surface area contributed by atoms with Crippen LogP contribution in [0.1, 0.15) is 19.4 Å². The fourth-order valence-electron chi connectivity index (χ4n) is 1.33. The highest BCUT2D eigenvalue weighted by Gasteiger charge is 2.15. The van der Waals surface area contributed by atoms with Crippen LogP contribution >= 0.6 is 24.0 Å². The van der Waals surface area contributed by atoms with Crippen LogP contribution in [-0.2, 0) is 0 Å². The number of aromatic nitrogens is 1. The van der Waals surface area contributed by atoms with Crippen LogP contribution in [0.25, 0.3) is 0 Å². The lowest BCUT2D eigenvalue weighted by molar-refractivity contribution is -0.385. The van der Waals surface area contributed by atoms with Crippen molar-refractivity contribution in [1.82, 2.24) is 9.88 Å². The molecule has 0 N–H and O–H groups in total. The van der Waals surface area contributed by atoms with Crippen molar-refractivity contribution in [3.05, 3.63) is 27.9 Å². The first-order chi connectivity index (χ1) is 9.03. The van der Waals surface area contributed by atoms with E-state index in [1.54, 1.807) is 0 Å². The van der Waals surface area contributed by atoms with Crippen LogP contribution in [0.3, 0.4) is 0 Å². The Labute approximate surface area is 120 Å². The molecule has 100 valence electrons. The minimum absolute atomic E-state index is 0.161. The van der Waals surface area contributed by atoms with E-state index in [2.05, 4.69) is 4.98 Å². The molecule has 0 saturated carbocycles. The van der Waals surface area contributed by atoms with E-state index in [1.165, 1.54) is 17.8 Å². The van der Waals surface area contributed by atoms with Crippen molar-refractivity contribution in [3.63, 3.8) is 0 Å². The van der Waals surface area contributed by atoms with Gasteiger partial charge in [-0.2, -0.15) is 5.26 Å². The molecule has 1 rings (SSSR count). The number of rotatable bonds is 4. The van der Waals surface area contributed by atoms with E-state index in [-0.39, 0.29) is 11.3 Å². The van der Waals surface area contributed by atoms with E-state index in [0.717, 1.165) is 19.3 Å². The maximum absolute atomic E-state index is 10.6. The Balaban J connectivity index is 2.99. The predicted octanol–water partition coefficient (Wildman–Crippen LogP) is 2.58. The zero-order valence-corrected chi connectivity index (χ0v) is 12.1. The molecule has 1 aromatic heterocycles. The van der Waals surface area contributed by atoms with Crippen LogP contribution in [0.2, 0.25) is 0 Å². The normalized spacial score (nSPS) is 9.74. The number of thiocarbonyl (C=S) groups is 1. The number of pyridine rings is 1. The monoisotopic (exact) mass is 296 g/mol. The summed E-state index contributed by atoms with van der Waals surface area (Å²) >= 11 is 6.43. The van der Waals surface area contributed by atoms with E-state index in [0.29, 0.717) is 9.35 Å². The van der Waals surface area contributed by atoms with Crippen LogP contribution in [0.4, 0.5) is 5.69 Å². The Morgan fingerprint density at radius 1 is 1.63 bits per heavy atom. The van der Waals surface area contributed by atoms with Gasteiger partial charge in [-0.3, -0.25) is 10.1 Å². The second-order valence-corrected chi connectivity index (χ2v) is 5.08. The van der Waals surface area contributed by atoms with Crippen LogP contribution in [0, 0.1) is 21.4 Å². The molecule has 0 aliphatic rings. The zero-order valence-electron chi connectivity index (χ0n) is 10.5. The Bertz CT molecular complexity index is 538. The van der Waals surface area contributed by atoms with Crippen molar-refractivity contribution < 1.29 is 4.92 Å². The van der Waals surface area contributed by atoms with Gasteiger partial charge in [0.2, 0.25) is 0 Å². The molecule has 1 aromatic rings. The van der Waals surface area contributed by atoms with Crippen molar-refractivity contribution in [3.8, 4) is 6.07 Å². The second-order valence-electron chi connectivity index (χ2n) is 3.46. The number of hydrogen-bond acceptors (Lipinski definition) is 6. The molecule has 0 aliphatic carbocycles. The molecule has 0 aromatic carbocycles. The van der Waals surface area contributed by atoms with E-state index in [1.807, 2.05) is 24.8 Å². The highest BCUT2D eigenvalue weighted by molar-refractivity contribution is 8.22. The summed E-state index contributed by atoms with van der Waals surface area (Å²) in [6, 6.07) is 3.11. The predicted molar refractivity (Wildman–Crippen MR) is 77.0 cm³/mol. The van der Waals surface area contributed by atoms with Gasteiger partial charge in [-0.15, -0.1) is 0 Å². The second kappa shape index (κ2) is 7.01. The molecule has 1 heterocycles. The summed E-state index contributed by atoms with van der Waals surface area (Å²) in [5.41, 5.74) is -0.0386. The third-order valence-electron chi connectivity index (χ3n) is 2.37. The summed E-state index contributed by atoms with van der Waals surface area (Å²) in [5, 5.41) is 20.0. The summed E-state index contributed by atoms with van der Waals surface area (Å²) in [7, 11) is 0. The molecule has 19 heavy (non-hydrogen) atoms. The molecule has 8 heteroatoms. The van der Waals surface area contributed by atoms with Gasteiger partial charge in [0.15, 0.2) is 0 Å². The maximum Gasteiger partial charge on any atom is 0.288 e. The first-order valence-corrected chi connectivity index (χ1v) is 6.77. The average molecular weight is 296 g/mol. The summed E-state index contributed by atoms with van der Waals surface area (Å²) in [4.78, 5) is 15.9. The molecule has 0 saturated heterocycles. The summed E-state index contributed by atoms with van der Waals surface area (Å²) in [6.07, 6.45) is 1.13. The fourth-order valence-corrected chi connectivity index (χ4v) is 2.70. The molecule has 0 atom stereocenters. The van der Waals surface area contributed by atoms with Gasteiger partial charge in [0.05, 0.1) is 10.5 Å². The lowest BCUT2D eigenvalue weighted by atomic mass is 10.3. The number of nitro groups is 1. The SMILES string of the molecule is CCN(CC)C(=S)Sc1ncc([N+](=O)[O-])cc1C#N. The van der Waals surface area contributed by atoms with Gasteiger partial charge >= 0.3 is 0 Å². The smallest absolute Gasteiger partial charge is 0.288 e. The quantitative estimate of drug-likeness (QED) is 0.365. The zero-order chi connectivity index (χ0) is 14.4. The maximum atomic E-state index is 10.6. The molecular formula is C11H12N4O2S2. The number of nitriles is 1. The lowest BCUT2D eigenvalue weighted by Crippen LogP contribution is -2.26. The Morgan fingerprint density at radius 3 is 2.74 bits per heavy atom. The number of thioether (sulfide) groups is 1. The standard InChI is InChI=1S/C11H12N4O2S2/c1-3-14(4-2)11(18)19-10-8(6-12)5-9(7-13-10)15(16)17/h5,7H,3-4H2,1-2H3. The van der Waals surface area contributed by atoms with Crippen molar-refractivity contribution >= 4 is 34.0 Å². The van der Waals surface area contributed by atoms with Crippen LogP contribution in [0.5, 0.6) is 0 Å². The molecule has 0 unspecified atom stereocenters. The average Bonchev–Trinajstić information content (AvgIpc) is 2.40. The minimum atomic E-state index is -0.578. The van der Waals surface area contributed by atoms with E-state index in [9.17, 15) is 10.1 Å². The first kappa shape index (κ1) is 15.3. The molecule has 0 radical (unpaired) electrons. The van der Waals surface area contributed by atoms with E-state index >= 15 is 0 Å². The van der Waals surface area contributed by atoms with Crippen LogP contribution in [-0.4, -0.2) is 32.2 Å². The van der Waals surface area contributed by atoms with Gasteiger partial charge in [0.1, 0.15) is 21.6 Å². The van der Waals surface area contributed by atoms with Crippen LogP contribution in [0.15, 0.2) is 17.3 Å².